The van der Waals surface area contributed by atoms with Gasteiger partial charge in [-0.15, -0.1) is 0 Å². The molecule has 1 aliphatic heterocycles. The Kier molecular flexibility index (Phi) is 4.98. The number of amides is 1. The Morgan fingerprint density at radius 3 is 2.82 bits per heavy atom. The fourth-order valence-corrected chi connectivity index (χ4v) is 3.18. The minimum atomic E-state index is -0.0327. The summed E-state index contributed by atoms with van der Waals surface area (Å²) in [5.41, 5.74) is 1.97. The molecule has 0 aliphatic carbocycles. The second-order valence-corrected chi connectivity index (χ2v) is 6.33. The van der Waals surface area contributed by atoms with E-state index >= 15 is 0 Å². The zero-order chi connectivity index (χ0) is 19.5. The van der Waals surface area contributed by atoms with Gasteiger partial charge in [-0.25, -0.2) is 0 Å². The SMILES string of the molecule is CNc1nc(Nc2ccc(C(=O)N3CCOCC3)cc2OC)nc2[nH]ccc12. The molecule has 28 heavy (non-hydrogen) atoms. The number of benzene rings is 1. The van der Waals surface area contributed by atoms with E-state index in [1.165, 1.54) is 0 Å². The van der Waals surface area contributed by atoms with Crippen LogP contribution in [0.3, 0.4) is 0 Å². The zero-order valence-electron chi connectivity index (χ0n) is 15.8. The van der Waals surface area contributed by atoms with Gasteiger partial charge in [-0.1, -0.05) is 0 Å². The summed E-state index contributed by atoms with van der Waals surface area (Å²) in [6, 6.07) is 7.21. The molecule has 1 amide bonds. The topological polar surface area (TPSA) is 104 Å². The first-order valence-corrected chi connectivity index (χ1v) is 9.04. The summed E-state index contributed by atoms with van der Waals surface area (Å²) in [5, 5.41) is 7.15. The lowest BCUT2D eigenvalue weighted by Gasteiger charge is -2.27. The minimum Gasteiger partial charge on any atom is -0.495 e. The van der Waals surface area contributed by atoms with Crippen LogP contribution in [0, 0.1) is 0 Å². The van der Waals surface area contributed by atoms with Gasteiger partial charge < -0.3 is 30.0 Å². The average molecular weight is 382 g/mol. The highest BCUT2D eigenvalue weighted by atomic mass is 16.5. The predicted molar refractivity (Wildman–Crippen MR) is 106 cm³/mol. The summed E-state index contributed by atoms with van der Waals surface area (Å²) in [4.78, 5) is 26.5. The number of carbonyl (C=O) groups is 1. The molecular formula is C19H22N6O3. The number of rotatable bonds is 5. The van der Waals surface area contributed by atoms with Gasteiger partial charge in [-0.05, 0) is 24.3 Å². The maximum atomic E-state index is 12.7. The summed E-state index contributed by atoms with van der Waals surface area (Å²) in [6.07, 6.45) is 1.82. The van der Waals surface area contributed by atoms with Crippen LogP contribution in [-0.4, -0.2) is 66.2 Å². The smallest absolute Gasteiger partial charge is 0.254 e. The molecule has 0 bridgehead atoms. The Balaban J connectivity index is 1.60. The van der Waals surface area contributed by atoms with E-state index in [4.69, 9.17) is 9.47 Å². The number of H-pyrrole nitrogens is 1. The third-order valence-electron chi connectivity index (χ3n) is 4.65. The minimum absolute atomic E-state index is 0.0327. The summed E-state index contributed by atoms with van der Waals surface area (Å²) in [7, 11) is 3.38. The van der Waals surface area contributed by atoms with Crippen molar-refractivity contribution in [2.75, 3.05) is 51.1 Å². The highest BCUT2D eigenvalue weighted by Crippen LogP contribution is 2.30. The fraction of sp³-hybridized carbons (Fsp3) is 0.316. The van der Waals surface area contributed by atoms with Crippen molar-refractivity contribution in [2.24, 2.45) is 0 Å². The van der Waals surface area contributed by atoms with Crippen LogP contribution in [-0.2, 0) is 4.74 Å². The van der Waals surface area contributed by atoms with Crippen LogP contribution in [0.2, 0.25) is 0 Å². The van der Waals surface area contributed by atoms with E-state index in [1.807, 2.05) is 19.3 Å². The molecule has 0 radical (unpaired) electrons. The van der Waals surface area contributed by atoms with Crippen molar-refractivity contribution in [2.45, 2.75) is 0 Å². The molecule has 3 N–H and O–H groups in total. The van der Waals surface area contributed by atoms with Gasteiger partial charge in [0.15, 0.2) is 0 Å². The normalized spacial score (nSPS) is 14.1. The van der Waals surface area contributed by atoms with Crippen LogP contribution >= 0.6 is 0 Å². The van der Waals surface area contributed by atoms with Crippen LogP contribution in [0.4, 0.5) is 17.5 Å². The first kappa shape index (κ1) is 18.1. The molecule has 1 aromatic carbocycles. The highest BCUT2D eigenvalue weighted by molar-refractivity contribution is 5.95. The van der Waals surface area contributed by atoms with E-state index in [0.717, 1.165) is 11.0 Å². The van der Waals surface area contributed by atoms with E-state index in [9.17, 15) is 4.79 Å². The number of methoxy groups -OCH3 is 1. The molecule has 1 fully saturated rings. The van der Waals surface area contributed by atoms with Gasteiger partial charge in [0.1, 0.15) is 17.2 Å². The number of hydrogen-bond acceptors (Lipinski definition) is 7. The molecular weight excluding hydrogens is 360 g/mol. The first-order valence-electron chi connectivity index (χ1n) is 9.04. The fourth-order valence-electron chi connectivity index (χ4n) is 3.18. The van der Waals surface area contributed by atoms with Gasteiger partial charge in [-0.3, -0.25) is 4.79 Å². The molecule has 1 aliphatic rings. The van der Waals surface area contributed by atoms with Crippen molar-refractivity contribution in [1.82, 2.24) is 19.9 Å². The first-order chi connectivity index (χ1) is 13.7. The number of anilines is 3. The molecule has 0 saturated carbocycles. The van der Waals surface area contributed by atoms with Crippen LogP contribution in [0.15, 0.2) is 30.5 Å². The maximum Gasteiger partial charge on any atom is 0.254 e. The Labute approximate surface area is 162 Å². The number of aromatic amines is 1. The number of carbonyl (C=O) groups excluding carboxylic acids is 1. The van der Waals surface area contributed by atoms with Crippen molar-refractivity contribution in [3.05, 3.63) is 36.0 Å². The van der Waals surface area contributed by atoms with Crippen molar-refractivity contribution in [3.63, 3.8) is 0 Å². The third-order valence-corrected chi connectivity index (χ3v) is 4.65. The molecule has 2 aromatic heterocycles. The molecule has 3 aromatic rings. The van der Waals surface area contributed by atoms with Crippen LogP contribution in [0.25, 0.3) is 11.0 Å². The summed E-state index contributed by atoms with van der Waals surface area (Å²) >= 11 is 0. The van der Waals surface area contributed by atoms with E-state index in [2.05, 4.69) is 25.6 Å². The molecule has 3 heterocycles. The van der Waals surface area contributed by atoms with Gasteiger partial charge in [0.25, 0.3) is 5.91 Å². The number of hydrogen-bond donors (Lipinski definition) is 3. The maximum absolute atomic E-state index is 12.7. The van der Waals surface area contributed by atoms with Crippen molar-refractivity contribution in [1.29, 1.82) is 0 Å². The highest BCUT2D eigenvalue weighted by Gasteiger charge is 2.20. The second-order valence-electron chi connectivity index (χ2n) is 6.33. The quantitative estimate of drug-likeness (QED) is 0.621. The Hall–Kier alpha value is -3.33. The Morgan fingerprint density at radius 2 is 2.07 bits per heavy atom. The lowest BCUT2D eigenvalue weighted by molar-refractivity contribution is 0.0302. The Bertz CT molecular complexity index is 996. The van der Waals surface area contributed by atoms with Gasteiger partial charge in [0.05, 0.1) is 31.4 Å². The lowest BCUT2D eigenvalue weighted by Crippen LogP contribution is -2.40. The molecule has 0 atom stereocenters. The monoisotopic (exact) mass is 382 g/mol. The Morgan fingerprint density at radius 1 is 1.25 bits per heavy atom. The molecule has 0 unspecified atom stereocenters. The number of morpholine rings is 1. The summed E-state index contributed by atoms with van der Waals surface area (Å²) in [6.45, 7) is 2.32. The summed E-state index contributed by atoms with van der Waals surface area (Å²) < 4.78 is 10.8. The van der Waals surface area contributed by atoms with E-state index in [1.54, 1.807) is 30.2 Å². The molecule has 4 rings (SSSR count). The second kappa shape index (κ2) is 7.73. The largest absolute Gasteiger partial charge is 0.495 e. The van der Waals surface area contributed by atoms with Crippen LogP contribution in [0.1, 0.15) is 10.4 Å². The van der Waals surface area contributed by atoms with E-state index < -0.39 is 0 Å². The van der Waals surface area contributed by atoms with E-state index in [0.29, 0.717) is 55.1 Å². The average Bonchev–Trinajstić information content (AvgIpc) is 3.22. The van der Waals surface area contributed by atoms with E-state index in [-0.39, 0.29) is 5.91 Å². The number of fused-ring (bicyclic) bond motifs is 1. The van der Waals surface area contributed by atoms with Gasteiger partial charge in [-0.2, -0.15) is 9.97 Å². The molecule has 146 valence electrons. The van der Waals surface area contributed by atoms with Gasteiger partial charge >= 0.3 is 0 Å². The zero-order valence-corrected chi connectivity index (χ0v) is 15.8. The number of nitrogens with one attached hydrogen (secondary N) is 3. The van der Waals surface area contributed by atoms with Gasteiger partial charge in [0, 0.05) is 31.9 Å². The molecule has 1 saturated heterocycles. The third kappa shape index (κ3) is 3.44. The number of ether oxygens (including phenoxy) is 2. The number of nitrogens with zero attached hydrogens (tertiary/aromatic N) is 3. The van der Waals surface area contributed by atoms with Crippen molar-refractivity contribution in [3.8, 4) is 5.75 Å². The van der Waals surface area contributed by atoms with Gasteiger partial charge in [0.2, 0.25) is 5.95 Å². The molecule has 0 spiro atoms. The molecule has 9 nitrogen and oxygen atoms in total. The van der Waals surface area contributed by atoms with Crippen molar-refractivity contribution < 1.29 is 14.3 Å². The van der Waals surface area contributed by atoms with Crippen molar-refractivity contribution >= 4 is 34.4 Å². The predicted octanol–water partition coefficient (Wildman–Crippen LogP) is 2.22. The standard InChI is InChI=1S/C19H22N6O3/c1-20-16-13-5-6-21-17(13)24-19(23-16)22-14-4-3-12(11-15(14)27-2)18(26)25-7-9-28-10-8-25/h3-6,11H,7-10H2,1-2H3,(H3,20,21,22,23,24). The van der Waals surface area contributed by atoms with Crippen LogP contribution in [0.5, 0.6) is 5.75 Å². The summed E-state index contributed by atoms with van der Waals surface area (Å²) in [5.74, 6) is 1.65. The number of aromatic nitrogens is 3. The lowest BCUT2D eigenvalue weighted by atomic mass is 10.1. The van der Waals surface area contributed by atoms with Crippen LogP contribution < -0.4 is 15.4 Å². The molecule has 9 heteroatoms.